The summed E-state index contributed by atoms with van der Waals surface area (Å²) in [5.41, 5.74) is 2.66. The van der Waals surface area contributed by atoms with Crippen molar-refractivity contribution >= 4 is 36.4 Å². The number of ether oxygens (including phenoxy) is 1. The number of rotatable bonds is 7. The van der Waals surface area contributed by atoms with E-state index in [1.54, 1.807) is 0 Å². The topological polar surface area (TPSA) is 172 Å². The molecule has 0 bridgehead atoms. The Hall–Kier alpha value is -2.15. The molecule has 32 heavy (non-hydrogen) atoms. The molecule has 1 saturated heterocycles. The minimum atomic E-state index is -4.76. The summed E-state index contributed by atoms with van der Waals surface area (Å²) in [6, 6.07) is 5.60. The second-order valence-electron chi connectivity index (χ2n) is 7.26. The Balaban J connectivity index is 1.55. The fraction of sp³-hybridized carbons (Fsp3) is 0.389. The number of phosphoric acid groups is 1. The predicted molar refractivity (Wildman–Crippen MR) is 113 cm³/mol. The van der Waals surface area contributed by atoms with Crippen LogP contribution < -0.4 is 5.32 Å². The number of hydrogen-bond acceptors (Lipinski definition) is 9. The fourth-order valence-corrected chi connectivity index (χ4v) is 3.99. The second kappa shape index (κ2) is 9.00. The summed E-state index contributed by atoms with van der Waals surface area (Å²) < 4.78 is 22.3. The normalized spacial score (nSPS) is 23.7. The van der Waals surface area contributed by atoms with Gasteiger partial charge in [0.1, 0.15) is 24.6 Å². The highest BCUT2D eigenvalue weighted by atomic mass is 35.5. The number of imidazole rings is 1. The zero-order valence-electron chi connectivity index (χ0n) is 16.7. The molecule has 172 valence electrons. The third-order valence-corrected chi connectivity index (χ3v) is 6.10. The van der Waals surface area contributed by atoms with E-state index >= 15 is 0 Å². The number of halogens is 1. The molecular formula is C18H21ClN5O7P. The van der Waals surface area contributed by atoms with E-state index in [4.69, 9.17) is 26.1 Å². The lowest BCUT2D eigenvalue weighted by molar-refractivity contribution is -0.0504. The van der Waals surface area contributed by atoms with Gasteiger partial charge in [-0.15, -0.1) is 0 Å². The SMILES string of the molecule is Cc1c(Cl)cccc1CNc1ncnc2c1ncn2[C@@H]1O[C@H](COP(=O)(O)O)[C@@H](O)[C@H]1O. The standard InChI is InChI=1S/C18H21ClN5O7P/c1-9-10(3-2-4-11(9)19)5-20-16-13-17(22-7-21-16)24(8-23-13)18-15(26)14(25)12(31-18)6-30-32(27,28)29/h2-4,7-8,12,14-15,18,25-26H,5-6H2,1H3,(H,20,21,22)(H2,27,28,29)/t12-,14-,15-,18-/m1/s1. The number of nitrogens with one attached hydrogen (secondary N) is 1. The number of anilines is 1. The van der Waals surface area contributed by atoms with Gasteiger partial charge in [0, 0.05) is 11.6 Å². The van der Waals surface area contributed by atoms with Crippen LogP contribution in [0.25, 0.3) is 11.2 Å². The van der Waals surface area contributed by atoms with Crippen LogP contribution in [0.3, 0.4) is 0 Å². The predicted octanol–water partition coefficient (Wildman–Crippen LogP) is 1.13. The number of nitrogens with zero attached hydrogens (tertiary/aromatic N) is 4. The van der Waals surface area contributed by atoms with Crippen LogP contribution in [0.1, 0.15) is 17.4 Å². The van der Waals surface area contributed by atoms with E-state index in [0.29, 0.717) is 28.5 Å². The van der Waals surface area contributed by atoms with Crippen molar-refractivity contribution in [1.82, 2.24) is 19.5 Å². The van der Waals surface area contributed by atoms with E-state index in [0.717, 1.165) is 11.1 Å². The second-order valence-corrected chi connectivity index (χ2v) is 8.90. The average Bonchev–Trinajstić information content (AvgIpc) is 3.29. The third kappa shape index (κ3) is 4.63. The van der Waals surface area contributed by atoms with Crippen molar-refractivity contribution in [3.05, 3.63) is 47.0 Å². The van der Waals surface area contributed by atoms with Crippen LogP contribution in [-0.4, -0.2) is 64.4 Å². The first-order chi connectivity index (χ1) is 15.2. The molecule has 14 heteroatoms. The van der Waals surface area contributed by atoms with E-state index in [-0.39, 0.29) is 0 Å². The molecule has 0 radical (unpaired) electrons. The highest BCUT2D eigenvalue weighted by Crippen LogP contribution is 2.39. The molecular weight excluding hydrogens is 465 g/mol. The molecule has 0 spiro atoms. The minimum Gasteiger partial charge on any atom is -0.387 e. The first kappa shape index (κ1) is 23.0. The first-order valence-electron chi connectivity index (χ1n) is 9.53. The molecule has 4 rings (SSSR count). The molecule has 1 fully saturated rings. The van der Waals surface area contributed by atoms with E-state index in [9.17, 15) is 14.8 Å². The lowest BCUT2D eigenvalue weighted by Crippen LogP contribution is -2.33. The highest BCUT2D eigenvalue weighted by molar-refractivity contribution is 7.46. The third-order valence-electron chi connectivity index (χ3n) is 5.20. The van der Waals surface area contributed by atoms with E-state index < -0.39 is 39.0 Å². The molecule has 3 heterocycles. The van der Waals surface area contributed by atoms with Crippen LogP contribution in [0.15, 0.2) is 30.9 Å². The Labute approximate surface area is 187 Å². The summed E-state index contributed by atoms with van der Waals surface area (Å²) in [6.45, 7) is 1.75. The number of aromatic nitrogens is 4. The molecule has 1 aromatic carbocycles. The van der Waals surface area contributed by atoms with Crippen molar-refractivity contribution in [2.75, 3.05) is 11.9 Å². The van der Waals surface area contributed by atoms with Crippen molar-refractivity contribution in [3.8, 4) is 0 Å². The Bertz CT molecular complexity index is 1170. The van der Waals surface area contributed by atoms with Gasteiger partial charge in [-0.3, -0.25) is 9.09 Å². The first-order valence-corrected chi connectivity index (χ1v) is 11.4. The van der Waals surface area contributed by atoms with Gasteiger partial charge in [0.05, 0.1) is 12.9 Å². The minimum absolute atomic E-state index is 0.332. The van der Waals surface area contributed by atoms with E-state index in [1.165, 1.54) is 17.2 Å². The van der Waals surface area contributed by atoms with Crippen LogP contribution in [0.5, 0.6) is 0 Å². The summed E-state index contributed by atoms with van der Waals surface area (Å²) in [5.74, 6) is 0.447. The van der Waals surface area contributed by atoms with Gasteiger partial charge in [-0.1, -0.05) is 23.7 Å². The maximum Gasteiger partial charge on any atom is 0.469 e. The molecule has 0 saturated carbocycles. The van der Waals surface area contributed by atoms with Gasteiger partial charge in [0.15, 0.2) is 23.2 Å². The van der Waals surface area contributed by atoms with E-state index in [2.05, 4.69) is 24.8 Å². The van der Waals surface area contributed by atoms with Gasteiger partial charge in [-0.25, -0.2) is 19.5 Å². The molecule has 1 aliphatic rings. The molecule has 5 N–H and O–H groups in total. The number of phosphoric ester groups is 1. The van der Waals surface area contributed by atoms with Crippen molar-refractivity contribution in [3.63, 3.8) is 0 Å². The Morgan fingerprint density at radius 3 is 2.78 bits per heavy atom. The zero-order chi connectivity index (χ0) is 23.0. The summed E-state index contributed by atoms with van der Waals surface area (Å²) in [4.78, 5) is 30.5. The molecule has 12 nitrogen and oxygen atoms in total. The summed E-state index contributed by atoms with van der Waals surface area (Å²) in [7, 11) is -4.76. The quantitative estimate of drug-likeness (QED) is 0.303. The molecule has 2 aromatic heterocycles. The summed E-state index contributed by atoms with van der Waals surface area (Å²) in [5, 5.41) is 24.5. The number of fused-ring (bicyclic) bond motifs is 1. The van der Waals surface area contributed by atoms with Gasteiger partial charge in [0.25, 0.3) is 0 Å². The van der Waals surface area contributed by atoms with Gasteiger partial charge < -0.3 is 30.1 Å². The Morgan fingerprint density at radius 1 is 1.25 bits per heavy atom. The van der Waals surface area contributed by atoms with Gasteiger partial charge >= 0.3 is 7.82 Å². The molecule has 0 unspecified atom stereocenters. The summed E-state index contributed by atoms with van der Waals surface area (Å²) >= 11 is 6.17. The number of benzene rings is 1. The molecule has 1 aliphatic heterocycles. The Kier molecular flexibility index (Phi) is 6.48. The van der Waals surface area contributed by atoms with Crippen molar-refractivity contribution < 1.29 is 33.8 Å². The smallest absolute Gasteiger partial charge is 0.387 e. The summed E-state index contributed by atoms with van der Waals surface area (Å²) in [6.07, 6.45) is -2.40. The largest absolute Gasteiger partial charge is 0.469 e. The monoisotopic (exact) mass is 485 g/mol. The lowest BCUT2D eigenvalue weighted by atomic mass is 10.1. The van der Waals surface area contributed by atoms with Crippen molar-refractivity contribution in [2.24, 2.45) is 0 Å². The van der Waals surface area contributed by atoms with Crippen LogP contribution in [0.4, 0.5) is 5.82 Å². The molecule has 0 aliphatic carbocycles. The number of hydrogen-bond donors (Lipinski definition) is 5. The van der Waals surface area contributed by atoms with E-state index in [1.807, 2.05) is 25.1 Å². The zero-order valence-corrected chi connectivity index (χ0v) is 18.4. The number of aliphatic hydroxyl groups is 2. The van der Waals surface area contributed by atoms with Crippen LogP contribution >= 0.6 is 19.4 Å². The van der Waals surface area contributed by atoms with Crippen LogP contribution in [-0.2, 0) is 20.4 Å². The lowest BCUT2D eigenvalue weighted by Gasteiger charge is -2.16. The van der Waals surface area contributed by atoms with Crippen LogP contribution in [0, 0.1) is 6.92 Å². The van der Waals surface area contributed by atoms with Gasteiger partial charge in [0.2, 0.25) is 0 Å². The molecule has 4 atom stereocenters. The van der Waals surface area contributed by atoms with Crippen molar-refractivity contribution in [2.45, 2.75) is 38.0 Å². The van der Waals surface area contributed by atoms with Crippen molar-refractivity contribution in [1.29, 1.82) is 0 Å². The average molecular weight is 486 g/mol. The van der Waals surface area contributed by atoms with Gasteiger partial charge in [-0.2, -0.15) is 0 Å². The maximum absolute atomic E-state index is 10.9. The maximum atomic E-state index is 10.9. The molecule has 0 amide bonds. The Morgan fingerprint density at radius 2 is 2.03 bits per heavy atom. The molecule has 3 aromatic rings. The number of aliphatic hydroxyl groups excluding tert-OH is 2. The van der Waals surface area contributed by atoms with Crippen LogP contribution in [0.2, 0.25) is 5.02 Å². The highest BCUT2D eigenvalue weighted by Gasteiger charge is 2.45. The fourth-order valence-electron chi connectivity index (χ4n) is 3.46. The van der Waals surface area contributed by atoms with Gasteiger partial charge in [-0.05, 0) is 24.1 Å².